The third kappa shape index (κ3) is 2.77. The van der Waals surface area contributed by atoms with Crippen LogP contribution < -0.4 is 5.32 Å². The number of carbonyl (C=O) groups excluding carboxylic acids is 1. The topological polar surface area (TPSA) is 50.2 Å². The molecule has 1 atom stereocenters. The molecule has 0 spiro atoms. The molecule has 1 N–H and O–H groups in total. The smallest absolute Gasteiger partial charge is 0.259 e. The number of nitrogens with one attached hydrogen (secondary N) is 1. The molecule has 1 aliphatic heterocycles. The predicted octanol–water partition coefficient (Wildman–Crippen LogP) is 1.63. The summed E-state index contributed by atoms with van der Waals surface area (Å²) in [5.41, 5.74) is 1.34. The molecule has 1 aliphatic rings. The first-order chi connectivity index (χ1) is 8.91. The van der Waals surface area contributed by atoms with Crippen molar-refractivity contribution in [2.75, 3.05) is 19.6 Å². The van der Waals surface area contributed by atoms with Gasteiger partial charge in [0, 0.05) is 32.7 Å². The SMILES string of the molecule is CC(C)c1nn(C)c(Cl)c1C(=O)N1CCN[C@@H](C)C1. The standard InChI is InChI=1S/C13H21ClN4O/c1-8(2)11-10(12(14)17(4)16-11)13(19)18-6-5-15-9(3)7-18/h8-9,15H,5-7H2,1-4H3/t9-/m0/s1. The minimum Gasteiger partial charge on any atom is -0.336 e. The van der Waals surface area contributed by atoms with Crippen molar-refractivity contribution in [3.8, 4) is 0 Å². The van der Waals surface area contributed by atoms with E-state index in [9.17, 15) is 4.79 Å². The van der Waals surface area contributed by atoms with Crippen LogP contribution in [0.1, 0.15) is 42.7 Å². The first-order valence-corrected chi connectivity index (χ1v) is 7.04. The molecular weight excluding hydrogens is 264 g/mol. The maximum atomic E-state index is 12.7. The number of aryl methyl sites for hydroxylation is 1. The van der Waals surface area contributed by atoms with E-state index in [1.807, 2.05) is 18.7 Å². The maximum Gasteiger partial charge on any atom is 0.259 e. The lowest BCUT2D eigenvalue weighted by molar-refractivity contribution is 0.0707. The molecule has 0 aliphatic carbocycles. The summed E-state index contributed by atoms with van der Waals surface area (Å²) in [5.74, 6) is 0.174. The van der Waals surface area contributed by atoms with E-state index in [-0.39, 0.29) is 11.8 Å². The number of nitrogens with zero attached hydrogens (tertiary/aromatic N) is 3. The highest BCUT2D eigenvalue weighted by Crippen LogP contribution is 2.26. The van der Waals surface area contributed by atoms with Crippen LogP contribution in [-0.4, -0.2) is 46.3 Å². The number of aromatic nitrogens is 2. The highest BCUT2D eigenvalue weighted by atomic mass is 35.5. The summed E-state index contributed by atoms with van der Waals surface area (Å²) in [5, 5.41) is 8.12. The Kier molecular flexibility index (Phi) is 4.16. The Morgan fingerprint density at radius 2 is 2.21 bits per heavy atom. The van der Waals surface area contributed by atoms with Gasteiger partial charge >= 0.3 is 0 Å². The van der Waals surface area contributed by atoms with Crippen molar-refractivity contribution in [2.45, 2.75) is 32.7 Å². The van der Waals surface area contributed by atoms with Gasteiger partial charge < -0.3 is 10.2 Å². The molecule has 1 fully saturated rings. The minimum atomic E-state index is -0.00449. The van der Waals surface area contributed by atoms with E-state index in [2.05, 4.69) is 17.3 Å². The largest absolute Gasteiger partial charge is 0.336 e. The van der Waals surface area contributed by atoms with E-state index >= 15 is 0 Å². The second-order valence-electron chi connectivity index (χ2n) is 5.44. The van der Waals surface area contributed by atoms with Crippen molar-refractivity contribution >= 4 is 17.5 Å². The zero-order chi connectivity index (χ0) is 14.2. The highest BCUT2D eigenvalue weighted by Gasteiger charge is 2.29. The monoisotopic (exact) mass is 284 g/mol. The molecule has 19 heavy (non-hydrogen) atoms. The molecule has 0 bridgehead atoms. The van der Waals surface area contributed by atoms with E-state index in [0.717, 1.165) is 12.2 Å². The van der Waals surface area contributed by atoms with E-state index < -0.39 is 0 Å². The maximum absolute atomic E-state index is 12.7. The summed E-state index contributed by atoms with van der Waals surface area (Å²) < 4.78 is 1.58. The zero-order valence-corrected chi connectivity index (χ0v) is 12.7. The van der Waals surface area contributed by atoms with Crippen LogP contribution in [0.15, 0.2) is 0 Å². The third-order valence-corrected chi connectivity index (χ3v) is 3.85. The van der Waals surface area contributed by atoms with Gasteiger partial charge in [-0.3, -0.25) is 9.48 Å². The molecule has 6 heteroatoms. The van der Waals surface area contributed by atoms with Gasteiger partial charge in [0.05, 0.1) is 11.3 Å². The summed E-state index contributed by atoms with van der Waals surface area (Å²) in [6.07, 6.45) is 0. The van der Waals surface area contributed by atoms with Crippen molar-refractivity contribution < 1.29 is 4.79 Å². The summed E-state index contributed by atoms with van der Waals surface area (Å²) in [6, 6.07) is 0.315. The normalized spacial score (nSPS) is 20.1. The van der Waals surface area contributed by atoms with Crippen LogP contribution in [0.3, 0.4) is 0 Å². The Morgan fingerprint density at radius 3 is 2.79 bits per heavy atom. The average Bonchev–Trinajstić information content (AvgIpc) is 2.65. The van der Waals surface area contributed by atoms with Gasteiger partial charge in [0.25, 0.3) is 5.91 Å². The second-order valence-corrected chi connectivity index (χ2v) is 5.79. The van der Waals surface area contributed by atoms with E-state index in [1.54, 1.807) is 11.7 Å². The van der Waals surface area contributed by atoms with Crippen molar-refractivity contribution in [3.63, 3.8) is 0 Å². The molecule has 1 saturated heterocycles. The number of piperazine rings is 1. The lowest BCUT2D eigenvalue weighted by atomic mass is 10.0. The van der Waals surface area contributed by atoms with E-state index in [4.69, 9.17) is 11.6 Å². The fraction of sp³-hybridized carbons (Fsp3) is 0.692. The van der Waals surface area contributed by atoms with E-state index in [0.29, 0.717) is 29.8 Å². The van der Waals surface area contributed by atoms with Gasteiger partial charge in [0.15, 0.2) is 0 Å². The fourth-order valence-corrected chi connectivity index (χ4v) is 2.62. The Morgan fingerprint density at radius 1 is 1.53 bits per heavy atom. The molecule has 2 rings (SSSR count). The molecule has 106 valence electrons. The quantitative estimate of drug-likeness (QED) is 0.898. The first kappa shape index (κ1) is 14.3. The van der Waals surface area contributed by atoms with Gasteiger partial charge in [0.1, 0.15) is 5.15 Å². The van der Waals surface area contributed by atoms with Crippen LogP contribution in [-0.2, 0) is 7.05 Å². The zero-order valence-electron chi connectivity index (χ0n) is 11.9. The molecule has 1 aromatic rings. The summed E-state index contributed by atoms with van der Waals surface area (Å²) in [4.78, 5) is 14.5. The average molecular weight is 285 g/mol. The van der Waals surface area contributed by atoms with Crippen LogP contribution in [0.25, 0.3) is 0 Å². The molecule has 1 aromatic heterocycles. The predicted molar refractivity (Wildman–Crippen MR) is 75.7 cm³/mol. The molecule has 0 unspecified atom stereocenters. The molecule has 1 amide bonds. The number of hydrogen-bond acceptors (Lipinski definition) is 3. The van der Waals surface area contributed by atoms with Gasteiger partial charge in [-0.2, -0.15) is 5.10 Å². The third-order valence-electron chi connectivity index (χ3n) is 3.42. The molecule has 2 heterocycles. The van der Waals surface area contributed by atoms with Crippen molar-refractivity contribution in [3.05, 3.63) is 16.4 Å². The van der Waals surface area contributed by atoms with Gasteiger partial charge in [0.2, 0.25) is 0 Å². The van der Waals surface area contributed by atoms with E-state index in [1.165, 1.54) is 0 Å². The van der Waals surface area contributed by atoms with Gasteiger partial charge in [-0.15, -0.1) is 0 Å². The van der Waals surface area contributed by atoms with Crippen LogP contribution in [0.5, 0.6) is 0 Å². The van der Waals surface area contributed by atoms with Crippen molar-refractivity contribution in [2.24, 2.45) is 7.05 Å². The van der Waals surface area contributed by atoms with Crippen molar-refractivity contribution in [1.29, 1.82) is 0 Å². The Hall–Kier alpha value is -1.07. The lowest BCUT2D eigenvalue weighted by Crippen LogP contribution is -2.51. The molecule has 0 aromatic carbocycles. The Balaban J connectivity index is 2.32. The number of carbonyl (C=O) groups is 1. The van der Waals surface area contributed by atoms with Gasteiger partial charge in [-0.1, -0.05) is 25.4 Å². The number of amides is 1. The van der Waals surface area contributed by atoms with Gasteiger partial charge in [-0.05, 0) is 12.8 Å². The molecule has 5 nitrogen and oxygen atoms in total. The van der Waals surface area contributed by atoms with Crippen LogP contribution in [0.2, 0.25) is 5.15 Å². The number of rotatable bonds is 2. The fourth-order valence-electron chi connectivity index (χ4n) is 2.40. The van der Waals surface area contributed by atoms with Crippen LogP contribution in [0, 0.1) is 0 Å². The minimum absolute atomic E-state index is 0.00449. The Bertz CT molecular complexity index is 483. The molecular formula is C13H21ClN4O. The van der Waals surface area contributed by atoms with Crippen LogP contribution >= 0.6 is 11.6 Å². The second kappa shape index (κ2) is 5.51. The van der Waals surface area contributed by atoms with Crippen LogP contribution in [0.4, 0.5) is 0 Å². The summed E-state index contributed by atoms with van der Waals surface area (Å²) in [7, 11) is 1.77. The summed E-state index contributed by atoms with van der Waals surface area (Å²) >= 11 is 6.25. The van der Waals surface area contributed by atoms with Gasteiger partial charge in [-0.25, -0.2) is 0 Å². The number of hydrogen-bond donors (Lipinski definition) is 1. The highest BCUT2D eigenvalue weighted by molar-refractivity contribution is 6.33. The van der Waals surface area contributed by atoms with Crippen molar-refractivity contribution in [1.82, 2.24) is 20.0 Å². The number of halogens is 1. The molecule has 0 radical (unpaired) electrons. The molecule has 0 saturated carbocycles. The summed E-state index contributed by atoms with van der Waals surface area (Å²) in [6.45, 7) is 8.37. The first-order valence-electron chi connectivity index (χ1n) is 6.66. The Labute approximate surface area is 118 Å². The lowest BCUT2D eigenvalue weighted by Gasteiger charge is -2.32.